The number of hydrogen-bond donors (Lipinski definition) is 1. The van der Waals surface area contributed by atoms with Crippen molar-refractivity contribution in [2.75, 3.05) is 31.7 Å². The van der Waals surface area contributed by atoms with E-state index in [9.17, 15) is 8.42 Å². The summed E-state index contributed by atoms with van der Waals surface area (Å²) in [7, 11) is 0.315. The number of nitrogens with one attached hydrogen (secondary N) is 1. The van der Waals surface area contributed by atoms with Crippen LogP contribution >= 0.6 is 0 Å². The van der Waals surface area contributed by atoms with Gasteiger partial charge in [0.25, 0.3) is 0 Å². The van der Waals surface area contributed by atoms with Crippen LogP contribution in [0, 0.1) is 0 Å². The number of ether oxygens (including phenoxy) is 1. The van der Waals surface area contributed by atoms with E-state index in [1.54, 1.807) is 36.5 Å². The molecule has 0 unspecified atom stereocenters. The van der Waals surface area contributed by atoms with Gasteiger partial charge in [-0.3, -0.25) is 0 Å². The summed E-state index contributed by atoms with van der Waals surface area (Å²) >= 11 is 0. The number of aromatic nitrogens is 2. The number of sulfone groups is 1. The van der Waals surface area contributed by atoms with Crippen molar-refractivity contribution in [2.45, 2.75) is 18.2 Å². The lowest BCUT2D eigenvalue weighted by Gasteiger charge is -2.12. The summed E-state index contributed by atoms with van der Waals surface area (Å²) in [6, 6.07) is 14.4. The lowest BCUT2D eigenvalue weighted by atomic mass is 10.1. The maximum Gasteiger partial charge on any atom is 0.230 e. The van der Waals surface area contributed by atoms with E-state index >= 15 is 0 Å². The molecule has 1 aliphatic rings. The van der Waals surface area contributed by atoms with Gasteiger partial charge in [-0.2, -0.15) is 4.98 Å². The van der Waals surface area contributed by atoms with E-state index < -0.39 is 9.84 Å². The molecule has 0 radical (unpaired) electrons. The fourth-order valence-electron chi connectivity index (χ4n) is 3.45. The highest BCUT2D eigenvalue weighted by molar-refractivity contribution is 7.91. The summed E-state index contributed by atoms with van der Waals surface area (Å²) in [6.45, 7) is 2.58. The van der Waals surface area contributed by atoms with E-state index in [0.717, 1.165) is 6.42 Å². The predicted molar refractivity (Wildman–Crippen MR) is 126 cm³/mol. The molecule has 1 heterocycles. The standard InChI is InChI=1S/C24H26N4O3S/c1-17-13-18-7-8-21(15-19(18)14-17)31-23-9-10-25-24(27-23)26-20-5-4-6-22(16-20)32(29,30)12-11-28(2)3/h4-10,14-16H,11-13H2,1-3H3,(H,25,26,27). The van der Waals surface area contributed by atoms with Crippen LogP contribution in [0.3, 0.4) is 0 Å². The van der Waals surface area contributed by atoms with Gasteiger partial charge in [-0.25, -0.2) is 13.4 Å². The zero-order chi connectivity index (χ0) is 22.7. The van der Waals surface area contributed by atoms with Gasteiger partial charge in [0.15, 0.2) is 9.84 Å². The molecular formula is C24H26N4O3S. The van der Waals surface area contributed by atoms with Crippen molar-refractivity contribution in [1.82, 2.24) is 14.9 Å². The molecule has 0 bridgehead atoms. The highest BCUT2D eigenvalue weighted by atomic mass is 32.2. The lowest BCUT2D eigenvalue weighted by molar-refractivity contribution is 0.432. The average molecular weight is 451 g/mol. The van der Waals surface area contributed by atoms with Gasteiger partial charge < -0.3 is 15.0 Å². The second-order valence-electron chi connectivity index (χ2n) is 8.12. The minimum Gasteiger partial charge on any atom is -0.439 e. The Kier molecular flexibility index (Phi) is 6.25. The quantitative estimate of drug-likeness (QED) is 0.547. The Bertz CT molecular complexity index is 1270. The van der Waals surface area contributed by atoms with Crippen molar-refractivity contribution in [3.05, 3.63) is 71.4 Å². The van der Waals surface area contributed by atoms with Crippen LogP contribution < -0.4 is 10.1 Å². The van der Waals surface area contributed by atoms with Crippen molar-refractivity contribution in [3.8, 4) is 11.6 Å². The monoisotopic (exact) mass is 450 g/mol. The number of benzene rings is 2. The minimum absolute atomic E-state index is 0.0543. The van der Waals surface area contributed by atoms with Crippen molar-refractivity contribution < 1.29 is 13.2 Å². The Morgan fingerprint density at radius 1 is 1.12 bits per heavy atom. The fourth-order valence-corrected chi connectivity index (χ4v) is 4.88. The first kappa shape index (κ1) is 22.0. The first-order valence-corrected chi connectivity index (χ1v) is 12.0. The van der Waals surface area contributed by atoms with Crippen molar-refractivity contribution in [2.24, 2.45) is 0 Å². The van der Waals surface area contributed by atoms with Gasteiger partial charge in [0, 0.05) is 24.5 Å². The molecule has 0 saturated carbocycles. The molecule has 2 aromatic carbocycles. The van der Waals surface area contributed by atoms with Crippen LogP contribution in [0.25, 0.3) is 6.08 Å². The maximum atomic E-state index is 12.6. The SMILES string of the molecule is CC1=Cc2cc(Oc3ccnc(Nc4cccc(S(=O)(=O)CCN(C)C)c4)n3)ccc2C1. The molecule has 0 atom stereocenters. The molecule has 0 aliphatic heterocycles. The largest absolute Gasteiger partial charge is 0.439 e. The third kappa shape index (κ3) is 5.33. The van der Waals surface area contributed by atoms with Crippen molar-refractivity contribution >= 4 is 27.5 Å². The van der Waals surface area contributed by atoms with Crippen LogP contribution in [-0.2, 0) is 16.3 Å². The topological polar surface area (TPSA) is 84.4 Å². The third-order valence-corrected chi connectivity index (χ3v) is 6.79. The molecule has 166 valence electrons. The van der Waals surface area contributed by atoms with Gasteiger partial charge in [0.2, 0.25) is 11.8 Å². The van der Waals surface area contributed by atoms with Gasteiger partial charge in [-0.1, -0.05) is 23.8 Å². The summed E-state index contributed by atoms with van der Waals surface area (Å²) in [6.07, 6.45) is 4.73. The maximum absolute atomic E-state index is 12.6. The molecule has 0 amide bonds. The van der Waals surface area contributed by atoms with Crippen LogP contribution in [0.1, 0.15) is 18.1 Å². The van der Waals surface area contributed by atoms with Crippen LogP contribution in [0.15, 0.2) is 65.2 Å². The Morgan fingerprint density at radius 3 is 2.78 bits per heavy atom. The molecule has 4 rings (SSSR count). The van der Waals surface area contributed by atoms with Gasteiger partial charge in [-0.15, -0.1) is 0 Å². The summed E-state index contributed by atoms with van der Waals surface area (Å²) in [4.78, 5) is 10.7. The van der Waals surface area contributed by atoms with Gasteiger partial charge in [-0.05, 0) is 68.9 Å². The number of nitrogens with zero attached hydrogens (tertiary/aromatic N) is 3. The van der Waals surface area contributed by atoms with E-state index in [1.165, 1.54) is 16.7 Å². The molecule has 0 fully saturated rings. The zero-order valence-corrected chi connectivity index (χ0v) is 19.2. The fraction of sp³-hybridized carbons (Fsp3) is 0.250. The molecular weight excluding hydrogens is 424 g/mol. The first-order valence-electron chi connectivity index (χ1n) is 10.3. The number of fused-ring (bicyclic) bond motifs is 1. The Morgan fingerprint density at radius 2 is 1.97 bits per heavy atom. The van der Waals surface area contributed by atoms with Gasteiger partial charge in [0.05, 0.1) is 10.6 Å². The number of rotatable bonds is 8. The number of hydrogen-bond acceptors (Lipinski definition) is 7. The molecule has 3 aromatic rings. The Labute approximate surface area is 188 Å². The third-order valence-electron chi connectivity index (χ3n) is 5.10. The number of allylic oxidation sites excluding steroid dienone is 1. The molecule has 1 aliphatic carbocycles. The zero-order valence-electron chi connectivity index (χ0n) is 18.4. The van der Waals surface area contributed by atoms with Crippen LogP contribution in [0.2, 0.25) is 0 Å². The molecule has 7 nitrogen and oxygen atoms in total. The summed E-state index contributed by atoms with van der Waals surface area (Å²) in [5, 5.41) is 3.07. The van der Waals surface area contributed by atoms with Crippen LogP contribution in [0.5, 0.6) is 11.6 Å². The molecule has 0 spiro atoms. The molecule has 32 heavy (non-hydrogen) atoms. The van der Waals surface area contributed by atoms with Crippen LogP contribution in [0.4, 0.5) is 11.6 Å². The highest BCUT2D eigenvalue weighted by Crippen LogP contribution is 2.30. The van der Waals surface area contributed by atoms with Gasteiger partial charge >= 0.3 is 0 Å². The number of anilines is 2. The summed E-state index contributed by atoms with van der Waals surface area (Å²) in [5.74, 6) is 1.48. The van der Waals surface area contributed by atoms with E-state index in [1.807, 2.05) is 31.1 Å². The summed E-state index contributed by atoms with van der Waals surface area (Å²) in [5.41, 5.74) is 4.38. The molecule has 0 saturated heterocycles. The lowest BCUT2D eigenvalue weighted by Crippen LogP contribution is -2.22. The second-order valence-corrected chi connectivity index (χ2v) is 10.2. The van der Waals surface area contributed by atoms with E-state index in [-0.39, 0.29) is 10.6 Å². The van der Waals surface area contributed by atoms with E-state index in [0.29, 0.717) is 29.8 Å². The average Bonchev–Trinajstić information content (AvgIpc) is 3.12. The molecule has 1 aromatic heterocycles. The van der Waals surface area contributed by atoms with Crippen molar-refractivity contribution in [3.63, 3.8) is 0 Å². The smallest absolute Gasteiger partial charge is 0.230 e. The highest BCUT2D eigenvalue weighted by Gasteiger charge is 2.16. The molecule has 8 heteroatoms. The summed E-state index contributed by atoms with van der Waals surface area (Å²) < 4.78 is 31.1. The van der Waals surface area contributed by atoms with E-state index in [2.05, 4.69) is 34.4 Å². The van der Waals surface area contributed by atoms with Crippen LogP contribution in [-0.4, -0.2) is 49.7 Å². The predicted octanol–water partition coefficient (Wildman–Crippen LogP) is 4.31. The Balaban J connectivity index is 1.48. The van der Waals surface area contributed by atoms with Gasteiger partial charge in [0.1, 0.15) is 5.75 Å². The normalized spacial score (nSPS) is 13.1. The second kappa shape index (κ2) is 9.10. The molecule has 1 N–H and O–H groups in total. The van der Waals surface area contributed by atoms with E-state index in [4.69, 9.17) is 4.74 Å². The van der Waals surface area contributed by atoms with Crippen molar-refractivity contribution in [1.29, 1.82) is 0 Å². The minimum atomic E-state index is -3.38. The Hall–Kier alpha value is -3.23. The first-order chi connectivity index (χ1) is 15.3.